The Morgan fingerprint density at radius 2 is 1.92 bits per heavy atom. The van der Waals surface area contributed by atoms with Crippen LogP contribution in [0.2, 0.25) is 5.02 Å². The first-order valence-electron chi connectivity index (χ1n) is 7.22. The number of hydrazone groups is 1. The number of carbonyl (C=O) groups is 1. The number of fused-ring (bicyclic) bond motifs is 1. The third kappa shape index (κ3) is 4.02. The van der Waals surface area contributed by atoms with Crippen LogP contribution in [0.3, 0.4) is 0 Å². The van der Waals surface area contributed by atoms with Crippen molar-refractivity contribution in [2.45, 2.75) is 4.90 Å². The molecule has 0 atom stereocenters. The van der Waals surface area contributed by atoms with E-state index < -0.39 is 15.9 Å². The van der Waals surface area contributed by atoms with E-state index in [2.05, 4.69) is 20.5 Å². The fourth-order valence-corrected chi connectivity index (χ4v) is 3.19. The third-order valence-corrected chi connectivity index (χ3v) is 4.72. The van der Waals surface area contributed by atoms with Crippen LogP contribution in [0.1, 0.15) is 16.1 Å². The molecule has 1 heterocycles. The molecule has 3 rings (SSSR count). The van der Waals surface area contributed by atoms with Crippen molar-refractivity contribution >= 4 is 44.8 Å². The molecular weight excluding hydrogens is 378 g/mol. The van der Waals surface area contributed by atoms with E-state index in [9.17, 15) is 13.2 Å². The number of sulfonamides is 1. The maximum atomic E-state index is 12.1. The van der Waals surface area contributed by atoms with Gasteiger partial charge in [-0.3, -0.25) is 9.78 Å². The number of aromatic nitrogens is 2. The van der Waals surface area contributed by atoms with Gasteiger partial charge in [-0.05, 0) is 30.3 Å². The molecule has 0 fully saturated rings. The second kappa shape index (κ2) is 7.16. The lowest BCUT2D eigenvalue weighted by molar-refractivity contribution is 0.0955. The van der Waals surface area contributed by atoms with Gasteiger partial charge in [0.15, 0.2) is 0 Å². The molecule has 0 aliphatic heterocycles. The molecular formula is C16H12ClN5O3S. The van der Waals surface area contributed by atoms with E-state index in [1.54, 1.807) is 6.07 Å². The molecule has 1 aromatic heterocycles. The minimum absolute atomic E-state index is 0.0418. The summed E-state index contributed by atoms with van der Waals surface area (Å²) in [6, 6.07) is 11.0. The van der Waals surface area contributed by atoms with E-state index in [-0.39, 0.29) is 15.5 Å². The second-order valence-corrected chi connectivity index (χ2v) is 7.11. The standard InChI is InChI=1S/C16H12ClN5O3S/c17-12-6-5-10(7-15(12)26(18,24)25)16(23)22-20-9-11-8-19-13-3-1-2-4-14(13)21-11/h1-9H,(H,22,23)(H2,18,24,25)/b20-9-. The lowest BCUT2D eigenvalue weighted by Gasteiger charge is -2.05. The third-order valence-electron chi connectivity index (χ3n) is 3.33. The van der Waals surface area contributed by atoms with Crippen LogP contribution >= 0.6 is 11.6 Å². The van der Waals surface area contributed by atoms with E-state index in [1.165, 1.54) is 24.5 Å². The number of hydrogen-bond acceptors (Lipinski definition) is 6. The van der Waals surface area contributed by atoms with E-state index in [0.717, 1.165) is 11.6 Å². The number of hydrogen-bond donors (Lipinski definition) is 2. The Balaban J connectivity index is 1.76. The van der Waals surface area contributed by atoms with Gasteiger partial charge in [0, 0.05) is 5.56 Å². The molecule has 3 aromatic rings. The molecule has 10 heteroatoms. The van der Waals surface area contributed by atoms with Crippen LogP contribution < -0.4 is 10.6 Å². The van der Waals surface area contributed by atoms with Gasteiger partial charge in [-0.1, -0.05) is 23.7 Å². The van der Waals surface area contributed by atoms with Gasteiger partial charge >= 0.3 is 0 Å². The highest BCUT2D eigenvalue weighted by Crippen LogP contribution is 2.21. The minimum Gasteiger partial charge on any atom is -0.267 e. The molecule has 0 saturated heterocycles. The van der Waals surface area contributed by atoms with Gasteiger partial charge in [0.25, 0.3) is 5.91 Å². The molecule has 1 amide bonds. The van der Waals surface area contributed by atoms with Gasteiger partial charge in [0.1, 0.15) is 10.6 Å². The number of primary sulfonamides is 1. The molecule has 132 valence electrons. The van der Waals surface area contributed by atoms with Crippen LogP contribution in [0.4, 0.5) is 0 Å². The Hall–Kier alpha value is -2.88. The number of rotatable bonds is 4. The summed E-state index contributed by atoms with van der Waals surface area (Å²) in [5.41, 5.74) is 4.20. The zero-order chi connectivity index (χ0) is 18.7. The number of amides is 1. The maximum Gasteiger partial charge on any atom is 0.271 e. The number of carbonyl (C=O) groups excluding carboxylic acids is 1. The molecule has 2 aromatic carbocycles. The van der Waals surface area contributed by atoms with Crippen LogP contribution in [0.15, 0.2) is 58.7 Å². The van der Waals surface area contributed by atoms with Gasteiger partial charge in [0.05, 0.1) is 28.5 Å². The summed E-state index contributed by atoms with van der Waals surface area (Å²) in [7, 11) is -4.04. The van der Waals surface area contributed by atoms with Crippen molar-refractivity contribution in [3.63, 3.8) is 0 Å². The summed E-state index contributed by atoms with van der Waals surface area (Å²) in [4.78, 5) is 20.3. The molecule has 0 bridgehead atoms. The predicted octanol–water partition coefficient (Wildman–Crippen LogP) is 1.69. The summed E-state index contributed by atoms with van der Waals surface area (Å²) in [5.74, 6) is -0.628. The van der Waals surface area contributed by atoms with Gasteiger partial charge in [0.2, 0.25) is 10.0 Å². The van der Waals surface area contributed by atoms with Crippen LogP contribution in [0.5, 0.6) is 0 Å². The van der Waals surface area contributed by atoms with Crippen molar-refractivity contribution < 1.29 is 13.2 Å². The lowest BCUT2D eigenvalue weighted by atomic mass is 10.2. The molecule has 0 aliphatic carbocycles. The maximum absolute atomic E-state index is 12.1. The predicted molar refractivity (Wildman–Crippen MR) is 97.4 cm³/mol. The van der Waals surface area contributed by atoms with Crippen LogP contribution in [-0.2, 0) is 10.0 Å². The SMILES string of the molecule is NS(=O)(=O)c1cc(C(=O)N/N=C\c2cnc3ccccc3n2)ccc1Cl. The summed E-state index contributed by atoms with van der Waals surface area (Å²) >= 11 is 5.78. The van der Waals surface area contributed by atoms with Crippen LogP contribution in [0.25, 0.3) is 11.0 Å². The van der Waals surface area contributed by atoms with Crippen molar-refractivity contribution in [2.24, 2.45) is 10.2 Å². The molecule has 26 heavy (non-hydrogen) atoms. The molecule has 0 saturated carbocycles. The first-order valence-corrected chi connectivity index (χ1v) is 9.14. The largest absolute Gasteiger partial charge is 0.271 e. The second-order valence-electron chi connectivity index (χ2n) is 5.17. The minimum atomic E-state index is -4.04. The van der Waals surface area contributed by atoms with Gasteiger partial charge in [-0.2, -0.15) is 5.10 Å². The first kappa shape index (κ1) is 17.9. The van der Waals surface area contributed by atoms with Crippen LogP contribution in [-0.4, -0.2) is 30.5 Å². The molecule has 0 unspecified atom stereocenters. The topological polar surface area (TPSA) is 127 Å². The number of para-hydroxylation sites is 2. The summed E-state index contributed by atoms with van der Waals surface area (Å²) in [5, 5.41) is 8.79. The Morgan fingerprint density at radius 3 is 2.65 bits per heavy atom. The fourth-order valence-electron chi connectivity index (χ4n) is 2.12. The van der Waals surface area contributed by atoms with Gasteiger partial charge < -0.3 is 0 Å². The summed E-state index contributed by atoms with van der Waals surface area (Å²) < 4.78 is 22.9. The zero-order valence-corrected chi connectivity index (χ0v) is 14.7. The Morgan fingerprint density at radius 1 is 1.19 bits per heavy atom. The number of nitrogens with zero attached hydrogens (tertiary/aromatic N) is 3. The number of halogens is 1. The van der Waals surface area contributed by atoms with Crippen molar-refractivity contribution in [3.8, 4) is 0 Å². The van der Waals surface area contributed by atoms with E-state index in [1.807, 2.05) is 18.2 Å². The highest BCUT2D eigenvalue weighted by molar-refractivity contribution is 7.89. The number of nitrogens with two attached hydrogens (primary N) is 1. The Bertz CT molecular complexity index is 1130. The highest BCUT2D eigenvalue weighted by Gasteiger charge is 2.16. The smallest absolute Gasteiger partial charge is 0.267 e. The monoisotopic (exact) mass is 389 g/mol. The van der Waals surface area contributed by atoms with Crippen molar-refractivity contribution in [3.05, 3.63) is 64.9 Å². The average molecular weight is 390 g/mol. The van der Waals surface area contributed by atoms with E-state index in [4.69, 9.17) is 16.7 Å². The molecule has 8 nitrogen and oxygen atoms in total. The van der Waals surface area contributed by atoms with Gasteiger partial charge in [-0.25, -0.2) is 24.0 Å². The van der Waals surface area contributed by atoms with Crippen molar-refractivity contribution in [2.75, 3.05) is 0 Å². The Kier molecular flexibility index (Phi) is 4.94. The number of nitrogens with one attached hydrogen (secondary N) is 1. The highest BCUT2D eigenvalue weighted by atomic mass is 35.5. The number of benzene rings is 2. The quantitative estimate of drug-likeness (QED) is 0.518. The lowest BCUT2D eigenvalue weighted by Crippen LogP contribution is -2.19. The molecule has 0 spiro atoms. The summed E-state index contributed by atoms with van der Waals surface area (Å²) in [6.45, 7) is 0. The van der Waals surface area contributed by atoms with Crippen LogP contribution in [0, 0.1) is 0 Å². The molecule has 3 N–H and O–H groups in total. The Labute approximate surface area is 153 Å². The average Bonchev–Trinajstić information content (AvgIpc) is 2.61. The normalized spacial score (nSPS) is 11.8. The van der Waals surface area contributed by atoms with Crippen molar-refractivity contribution in [1.82, 2.24) is 15.4 Å². The zero-order valence-electron chi connectivity index (χ0n) is 13.1. The van der Waals surface area contributed by atoms with Crippen molar-refractivity contribution in [1.29, 1.82) is 0 Å². The summed E-state index contributed by atoms with van der Waals surface area (Å²) in [6.07, 6.45) is 2.84. The fraction of sp³-hybridized carbons (Fsp3) is 0. The molecule has 0 aliphatic rings. The van der Waals surface area contributed by atoms with E-state index >= 15 is 0 Å². The van der Waals surface area contributed by atoms with E-state index in [0.29, 0.717) is 11.2 Å². The molecule has 0 radical (unpaired) electrons. The van der Waals surface area contributed by atoms with Gasteiger partial charge in [-0.15, -0.1) is 0 Å². The first-order chi connectivity index (χ1) is 12.3.